The van der Waals surface area contributed by atoms with E-state index in [1.54, 1.807) is 0 Å². The average molecular weight is 274 g/mol. The van der Waals surface area contributed by atoms with E-state index in [1.807, 2.05) is 19.2 Å². The molecule has 2 atom stereocenters. The van der Waals surface area contributed by atoms with E-state index in [9.17, 15) is 0 Å². The number of hydrogen-bond donors (Lipinski definition) is 1. The van der Waals surface area contributed by atoms with Crippen molar-refractivity contribution < 1.29 is 0 Å². The fraction of sp³-hybridized carbons (Fsp3) is 0.294. The van der Waals surface area contributed by atoms with Gasteiger partial charge < -0.3 is 5.32 Å². The van der Waals surface area contributed by atoms with E-state index < -0.39 is 0 Å². The number of rotatable bonds is 5. The molecule has 2 aromatic rings. The Hall–Kier alpha value is -1.31. The van der Waals surface area contributed by atoms with E-state index >= 15 is 0 Å². The quantitative estimate of drug-likeness (QED) is 0.826. The van der Waals surface area contributed by atoms with Crippen LogP contribution in [0.4, 0.5) is 0 Å². The first-order valence-electron chi connectivity index (χ1n) is 6.74. The molecule has 0 radical (unpaired) electrons. The van der Waals surface area contributed by atoms with Crippen LogP contribution in [0, 0.1) is 0 Å². The second-order valence-corrected chi connectivity index (χ2v) is 5.18. The molecule has 0 saturated heterocycles. The van der Waals surface area contributed by atoms with Crippen LogP contribution >= 0.6 is 11.6 Å². The molecule has 19 heavy (non-hydrogen) atoms. The predicted octanol–water partition coefficient (Wildman–Crippen LogP) is 4.79. The highest BCUT2D eigenvalue weighted by Crippen LogP contribution is 2.33. The molecule has 100 valence electrons. The van der Waals surface area contributed by atoms with Gasteiger partial charge >= 0.3 is 0 Å². The van der Waals surface area contributed by atoms with Crippen LogP contribution in [-0.2, 0) is 0 Å². The molecule has 2 heteroatoms. The first kappa shape index (κ1) is 14.1. The van der Waals surface area contributed by atoms with Crippen LogP contribution in [0.3, 0.4) is 0 Å². The third kappa shape index (κ3) is 3.37. The van der Waals surface area contributed by atoms with Gasteiger partial charge in [-0.15, -0.1) is 0 Å². The Morgan fingerprint density at radius 3 is 2.11 bits per heavy atom. The Bertz CT molecular complexity index is 492. The van der Waals surface area contributed by atoms with Crippen LogP contribution in [0.1, 0.15) is 36.4 Å². The first-order valence-corrected chi connectivity index (χ1v) is 7.11. The summed E-state index contributed by atoms with van der Waals surface area (Å²) in [6, 6.07) is 19.1. The SMILES string of the molecule is CCC(c1ccccc1)C(NC)c1ccc(Cl)cc1. The van der Waals surface area contributed by atoms with Crippen molar-refractivity contribution in [3.8, 4) is 0 Å². The molecule has 0 aliphatic heterocycles. The van der Waals surface area contributed by atoms with Crippen molar-refractivity contribution >= 4 is 11.6 Å². The monoisotopic (exact) mass is 273 g/mol. The maximum atomic E-state index is 5.97. The molecule has 2 aromatic carbocycles. The molecular weight excluding hydrogens is 254 g/mol. The second-order valence-electron chi connectivity index (χ2n) is 4.74. The van der Waals surface area contributed by atoms with Crippen LogP contribution in [0.15, 0.2) is 54.6 Å². The number of hydrogen-bond acceptors (Lipinski definition) is 1. The van der Waals surface area contributed by atoms with Crippen LogP contribution in [-0.4, -0.2) is 7.05 Å². The largest absolute Gasteiger partial charge is 0.312 e. The minimum atomic E-state index is 0.310. The van der Waals surface area contributed by atoms with E-state index in [2.05, 4.69) is 54.7 Å². The number of benzene rings is 2. The number of likely N-dealkylation sites (N-methyl/N-ethyl adjacent to an activating group) is 1. The van der Waals surface area contributed by atoms with Gasteiger partial charge in [0.25, 0.3) is 0 Å². The predicted molar refractivity (Wildman–Crippen MR) is 82.7 cm³/mol. The Morgan fingerprint density at radius 2 is 1.58 bits per heavy atom. The zero-order chi connectivity index (χ0) is 13.7. The molecule has 0 heterocycles. The molecule has 0 bridgehead atoms. The van der Waals surface area contributed by atoms with E-state index in [4.69, 9.17) is 11.6 Å². The van der Waals surface area contributed by atoms with Crippen molar-refractivity contribution in [3.05, 3.63) is 70.7 Å². The molecule has 0 spiro atoms. The van der Waals surface area contributed by atoms with Gasteiger partial charge in [-0.2, -0.15) is 0 Å². The highest BCUT2D eigenvalue weighted by molar-refractivity contribution is 6.30. The maximum absolute atomic E-state index is 5.97. The summed E-state index contributed by atoms with van der Waals surface area (Å²) in [5, 5.41) is 4.23. The Balaban J connectivity index is 2.31. The first-order chi connectivity index (χ1) is 9.26. The molecule has 1 nitrogen and oxygen atoms in total. The van der Waals surface area contributed by atoms with Gasteiger partial charge in [0.05, 0.1) is 0 Å². The molecule has 0 aromatic heterocycles. The van der Waals surface area contributed by atoms with Crippen LogP contribution in [0.2, 0.25) is 5.02 Å². The Kier molecular flexibility index (Phi) is 5.00. The van der Waals surface area contributed by atoms with E-state index in [1.165, 1.54) is 11.1 Å². The smallest absolute Gasteiger partial charge is 0.0406 e. The lowest BCUT2D eigenvalue weighted by Gasteiger charge is -2.27. The minimum Gasteiger partial charge on any atom is -0.312 e. The van der Waals surface area contributed by atoms with Gasteiger partial charge in [0.15, 0.2) is 0 Å². The summed E-state index contributed by atoms with van der Waals surface area (Å²) in [6.45, 7) is 2.23. The van der Waals surface area contributed by atoms with E-state index in [0.717, 1.165) is 11.4 Å². The molecule has 1 N–H and O–H groups in total. The summed E-state index contributed by atoms with van der Waals surface area (Å²) in [4.78, 5) is 0. The summed E-state index contributed by atoms with van der Waals surface area (Å²) in [6.07, 6.45) is 1.10. The van der Waals surface area contributed by atoms with Crippen LogP contribution in [0.25, 0.3) is 0 Å². The van der Waals surface area contributed by atoms with Crippen molar-refractivity contribution in [2.45, 2.75) is 25.3 Å². The zero-order valence-corrected chi connectivity index (χ0v) is 12.2. The highest BCUT2D eigenvalue weighted by Gasteiger charge is 2.21. The van der Waals surface area contributed by atoms with Crippen molar-refractivity contribution in [2.24, 2.45) is 0 Å². The van der Waals surface area contributed by atoms with Gasteiger partial charge in [0.2, 0.25) is 0 Å². The van der Waals surface area contributed by atoms with Crippen molar-refractivity contribution in [3.63, 3.8) is 0 Å². The molecule has 0 aliphatic carbocycles. The third-order valence-corrected chi connectivity index (χ3v) is 3.86. The molecule has 0 fully saturated rings. The molecule has 0 amide bonds. The van der Waals surface area contributed by atoms with Crippen molar-refractivity contribution in [1.82, 2.24) is 5.32 Å². The van der Waals surface area contributed by atoms with Crippen LogP contribution < -0.4 is 5.32 Å². The van der Waals surface area contributed by atoms with E-state index in [0.29, 0.717) is 12.0 Å². The van der Waals surface area contributed by atoms with Crippen molar-refractivity contribution in [1.29, 1.82) is 0 Å². The highest BCUT2D eigenvalue weighted by atomic mass is 35.5. The zero-order valence-electron chi connectivity index (χ0n) is 11.4. The number of halogens is 1. The average Bonchev–Trinajstić information content (AvgIpc) is 2.47. The van der Waals surface area contributed by atoms with Gasteiger partial charge in [-0.3, -0.25) is 0 Å². The lowest BCUT2D eigenvalue weighted by atomic mass is 9.85. The Labute approximate surface area is 120 Å². The normalized spacial score (nSPS) is 14.1. The minimum absolute atomic E-state index is 0.310. The van der Waals surface area contributed by atoms with Gasteiger partial charge in [-0.25, -0.2) is 0 Å². The molecule has 0 aliphatic rings. The summed E-state index contributed by atoms with van der Waals surface area (Å²) in [5.74, 6) is 0.465. The molecule has 0 saturated carbocycles. The third-order valence-electron chi connectivity index (χ3n) is 3.61. The Morgan fingerprint density at radius 1 is 0.947 bits per heavy atom. The summed E-state index contributed by atoms with van der Waals surface area (Å²) in [5.41, 5.74) is 2.65. The van der Waals surface area contributed by atoms with Gasteiger partial charge in [0.1, 0.15) is 0 Å². The number of nitrogens with one attached hydrogen (secondary N) is 1. The van der Waals surface area contributed by atoms with Gasteiger partial charge in [0, 0.05) is 17.0 Å². The lowest BCUT2D eigenvalue weighted by molar-refractivity contribution is 0.468. The topological polar surface area (TPSA) is 12.0 Å². The molecule has 2 unspecified atom stereocenters. The van der Waals surface area contributed by atoms with Gasteiger partial charge in [-0.05, 0) is 36.7 Å². The fourth-order valence-electron chi connectivity index (χ4n) is 2.63. The second kappa shape index (κ2) is 6.74. The maximum Gasteiger partial charge on any atom is 0.0406 e. The van der Waals surface area contributed by atoms with Crippen LogP contribution in [0.5, 0.6) is 0 Å². The van der Waals surface area contributed by atoms with E-state index in [-0.39, 0.29) is 0 Å². The van der Waals surface area contributed by atoms with Gasteiger partial charge in [-0.1, -0.05) is 61.0 Å². The molecule has 2 rings (SSSR count). The summed E-state index contributed by atoms with van der Waals surface area (Å²) < 4.78 is 0. The molecular formula is C17H20ClN. The standard InChI is InChI=1S/C17H20ClN/c1-3-16(13-7-5-4-6-8-13)17(19-2)14-9-11-15(18)12-10-14/h4-12,16-17,19H,3H2,1-2H3. The fourth-order valence-corrected chi connectivity index (χ4v) is 2.76. The van der Waals surface area contributed by atoms with Crippen molar-refractivity contribution in [2.75, 3.05) is 7.05 Å². The summed E-state index contributed by atoms with van der Waals surface area (Å²) >= 11 is 5.97. The lowest BCUT2D eigenvalue weighted by Crippen LogP contribution is -2.23. The summed E-state index contributed by atoms with van der Waals surface area (Å²) in [7, 11) is 2.02.